The van der Waals surface area contributed by atoms with Gasteiger partial charge in [-0.15, -0.1) is 0 Å². The molecule has 0 radical (unpaired) electrons. The minimum atomic E-state index is 0.302. The van der Waals surface area contributed by atoms with E-state index in [0.29, 0.717) is 42.5 Å². The van der Waals surface area contributed by atoms with E-state index in [4.69, 9.17) is 27.3 Å². The second-order valence-corrected chi connectivity index (χ2v) is 10.8. The molecule has 4 heterocycles. The Morgan fingerprint density at radius 3 is 2.66 bits per heavy atom. The fourth-order valence-electron chi connectivity index (χ4n) is 5.16. The molecule has 41 heavy (non-hydrogen) atoms. The monoisotopic (exact) mass is 561 g/mol. The molecule has 6 N–H and O–H groups in total. The van der Waals surface area contributed by atoms with Gasteiger partial charge in [-0.2, -0.15) is 5.10 Å². The Kier molecular flexibility index (Phi) is 10.7. The molecule has 0 saturated carbocycles. The van der Waals surface area contributed by atoms with Crippen molar-refractivity contribution in [2.45, 2.75) is 31.7 Å². The minimum absolute atomic E-state index is 0.302. The van der Waals surface area contributed by atoms with Crippen LogP contribution >= 0.6 is 0 Å². The van der Waals surface area contributed by atoms with Gasteiger partial charge in [0.05, 0.1) is 30.8 Å². The Morgan fingerprint density at radius 2 is 1.95 bits per heavy atom. The van der Waals surface area contributed by atoms with Crippen LogP contribution in [0.3, 0.4) is 0 Å². The zero-order chi connectivity index (χ0) is 29.2. The van der Waals surface area contributed by atoms with Crippen molar-refractivity contribution in [1.29, 1.82) is 0 Å². The molecule has 2 fully saturated rings. The molecule has 13 heteroatoms. The van der Waals surface area contributed by atoms with E-state index in [2.05, 4.69) is 43.6 Å². The number of nitrogens with zero attached hydrogens (tertiary/aromatic N) is 10. The van der Waals surface area contributed by atoms with Crippen LogP contribution < -0.4 is 22.3 Å². The largest absolute Gasteiger partial charge is 0.404 e. The zero-order valence-corrected chi connectivity index (χ0v) is 24.2. The van der Waals surface area contributed by atoms with Crippen LogP contribution in [-0.2, 0) is 7.05 Å². The lowest BCUT2D eigenvalue weighted by atomic mass is 9.98. The van der Waals surface area contributed by atoms with E-state index in [-0.39, 0.29) is 0 Å². The van der Waals surface area contributed by atoms with Crippen LogP contribution in [0.1, 0.15) is 25.7 Å². The van der Waals surface area contributed by atoms with Gasteiger partial charge >= 0.3 is 0 Å². The number of piperidine rings is 2. The highest BCUT2D eigenvalue weighted by Gasteiger charge is 2.23. The Hall–Kier alpha value is -3.94. The molecule has 2 aromatic rings. The molecule has 0 aromatic carbocycles. The number of nitrogens with two attached hydrogens (primary N) is 3. The van der Waals surface area contributed by atoms with Gasteiger partial charge in [0.15, 0.2) is 11.6 Å². The van der Waals surface area contributed by atoms with Crippen molar-refractivity contribution < 1.29 is 0 Å². The summed E-state index contributed by atoms with van der Waals surface area (Å²) in [6.07, 6.45) is 16.3. The van der Waals surface area contributed by atoms with Gasteiger partial charge in [-0.1, -0.05) is 0 Å². The second-order valence-electron chi connectivity index (χ2n) is 10.8. The number of anilines is 2. The quantitative estimate of drug-likeness (QED) is 0.159. The molecule has 2 saturated heterocycles. The smallest absolute Gasteiger partial charge is 0.186 e. The summed E-state index contributed by atoms with van der Waals surface area (Å²) >= 11 is 0. The fourth-order valence-corrected chi connectivity index (χ4v) is 5.16. The van der Waals surface area contributed by atoms with Crippen LogP contribution in [-0.4, -0.2) is 101 Å². The van der Waals surface area contributed by atoms with Gasteiger partial charge in [-0.25, -0.2) is 15.8 Å². The molecule has 2 aliphatic rings. The van der Waals surface area contributed by atoms with Crippen molar-refractivity contribution in [2.24, 2.45) is 39.5 Å². The second kappa shape index (κ2) is 14.6. The number of aromatic nitrogens is 4. The minimum Gasteiger partial charge on any atom is -0.404 e. The maximum absolute atomic E-state index is 6.46. The third-order valence-corrected chi connectivity index (χ3v) is 7.48. The number of allylic oxidation sites excluding steroid dienone is 2. The molecule has 1 unspecified atom stereocenters. The molecule has 2 aromatic heterocycles. The van der Waals surface area contributed by atoms with Gasteiger partial charge in [-0.05, 0) is 65.0 Å². The van der Waals surface area contributed by atoms with Crippen molar-refractivity contribution in [2.75, 3.05) is 57.2 Å². The highest BCUT2D eigenvalue weighted by molar-refractivity contribution is 5.98. The SMILES string of the molecule is C=N/C=C(\C=NCN1CCCC(CN(N)c2nc(-c3cnn(C)c3)cnc2N)C1)C(C=NC1CCN(C)CC1)=CN. The van der Waals surface area contributed by atoms with Crippen LogP contribution in [0.2, 0.25) is 0 Å². The molecule has 13 nitrogen and oxygen atoms in total. The van der Waals surface area contributed by atoms with Gasteiger partial charge in [0, 0.05) is 67.9 Å². The van der Waals surface area contributed by atoms with Gasteiger partial charge in [0.2, 0.25) is 0 Å². The van der Waals surface area contributed by atoms with E-state index in [9.17, 15) is 0 Å². The number of hydrazine groups is 1. The standard InChI is InChI=1S/C28H43N13/c1-32-12-23(22(11-29)14-34-25-6-9-38(2)10-7-25)13-33-20-40-8-4-5-21(17-40)18-41(31)28-27(30)35-16-26(37-28)24-15-36-39(3)19-24/h11-16,19,21,25H,1,4-10,17-18,20,29,31H2,2-3H3,(H2,30,35)/b22-11?,23-12+,33-13?,34-14?. The highest BCUT2D eigenvalue weighted by atomic mass is 15.4. The maximum Gasteiger partial charge on any atom is 0.186 e. The Bertz CT molecular complexity index is 1270. The summed E-state index contributed by atoms with van der Waals surface area (Å²) in [4.78, 5) is 27.1. The summed E-state index contributed by atoms with van der Waals surface area (Å²) in [7, 11) is 4.00. The number of rotatable bonds is 11. The molecule has 0 bridgehead atoms. The number of hydrogen-bond acceptors (Lipinski definition) is 12. The molecular formula is C28H43N13. The Balaban J connectivity index is 1.33. The zero-order valence-electron chi connectivity index (χ0n) is 24.2. The van der Waals surface area contributed by atoms with Crippen LogP contribution in [0.25, 0.3) is 11.3 Å². The number of nitrogen functional groups attached to an aromatic ring is 1. The molecule has 2 aliphatic heterocycles. The lowest BCUT2D eigenvalue weighted by molar-refractivity contribution is 0.182. The van der Waals surface area contributed by atoms with Crippen LogP contribution in [0.4, 0.5) is 11.6 Å². The molecule has 1 atom stereocenters. The number of hydrogen-bond donors (Lipinski definition) is 3. The van der Waals surface area contributed by atoms with E-state index >= 15 is 0 Å². The summed E-state index contributed by atoms with van der Waals surface area (Å²) in [5.41, 5.74) is 15.2. The van der Waals surface area contributed by atoms with Crippen molar-refractivity contribution in [3.8, 4) is 11.3 Å². The summed E-state index contributed by atoms with van der Waals surface area (Å²) in [6, 6.07) is 0.308. The average Bonchev–Trinajstić information content (AvgIpc) is 3.41. The maximum atomic E-state index is 6.46. The number of aryl methyl sites for hydroxylation is 1. The Labute approximate surface area is 242 Å². The van der Waals surface area contributed by atoms with Gasteiger partial charge in [0.1, 0.15) is 0 Å². The molecular weight excluding hydrogens is 518 g/mol. The first-order chi connectivity index (χ1) is 19.9. The van der Waals surface area contributed by atoms with Crippen molar-refractivity contribution >= 4 is 30.8 Å². The molecule has 0 spiro atoms. The summed E-state index contributed by atoms with van der Waals surface area (Å²) < 4.78 is 1.72. The summed E-state index contributed by atoms with van der Waals surface area (Å²) in [6.45, 7) is 8.70. The molecule has 0 aliphatic carbocycles. The number of likely N-dealkylation sites (tertiary alicyclic amines) is 2. The first-order valence-electron chi connectivity index (χ1n) is 14.0. The first kappa shape index (κ1) is 30.0. The topological polar surface area (TPSA) is 168 Å². The third-order valence-electron chi connectivity index (χ3n) is 7.48. The van der Waals surface area contributed by atoms with Crippen LogP contribution in [0.5, 0.6) is 0 Å². The van der Waals surface area contributed by atoms with E-state index in [1.54, 1.807) is 40.7 Å². The molecule has 4 rings (SSSR count). The lowest BCUT2D eigenvalue weighted by Gasteiger charge is -2.33. The van der Waals surface area contributed by atoms with Crippen molar-refractivity contribution in [1.82, 2.24) is 29.5 Å². The van der Waals surface area contributed by atoms with Crippen LogP contribution in [0, 0.1) is 5.92 Å². The average molecular weight is 562 g/mol. The fraction of sp³-hybridized carbons (Fsp3) is 0.500. The summed E-state index contributed by atoms with van der Waals surface area (Å²) in [5.74, 6) is 7.56. The predicted octanol–water partition coefficient (Wildman–Crippen LogP) is 1.47. The van der Waals surface area contributed by atoms with E-state index in [1.807, 2.05) is 19.5 Å². The van der Waals surface area contributed by atoms with Crippen molar-refractivity contribution in [3.05, 3.63) is 42.1 Å². The van der Waals surface area contributed by atoms with Crippen molar-refractivity contribution in [3.63, 3.8) is 0 Å². The predicted molar refractivity (Wildman–Crippen MR) is 167 cm³/mol. The van der Waals surface area contributed by atoms with Crippen LogP contribution in [0.15, 0.2) is 57.1 Å². The molecule has 0 amide bonds. The highest BCUT2D eigenvalue weighted by Crippen LogP contribution is 2.25. The first-order valence-corrected chi connectivity index (χ1v) is 14.0. The Morgan fingerprint density at radius 1 is 1.15 bits per heavy atom. The van der Waals surface area contributed by atoms with E-state index in [0.717, 1.165) is 68.6 Å². The van der Waals surface area contributed by atoms with Gasteiger partial charge in [-0.3, -0.25) is 29.6 Å². The third kappa shape index (κ3) is 8.52. The number of aliphatic imine (C=N–C) groups is 3. The van der Waals surface area contributed by atoms with Gasteiger partial charge < -0.3 is 16.4 Å². The van der Waals surface area contributed by atoms with E-state index < -0.39 is 0 Å². The van der Waals surface area contributed by atoms with E-state index in [1.165, 1.54) is 0 Å². The lowest BCUT2D eigenvalue weighted by Crippen LogP contribution is -2.44. The summed E-state index contributed by atoms with van der Waals surface area (Å²) in [5, 5.41) is 5.82. The molecule has 220 valence electrons. The van der Waals surface area contributed by atoms with Gasteiger partial charge in [0.25, 0.3) is 0 Å². The normalized spacial score (nSPS) is 20.3.